The topological polar surface area (TPSA) is 161 Å². The van der Waals surface area contributed by atoms with Gasteiger partial charge in [0.1, 0.15) is 18.3 Å². The first-order chi connectivity index (χ1) is 20.3. The van der Waals surface area contributed by atoms with E-state index >= 15 is 0 Å². The number of aliphatic hydroxyl groups is 4. The van der Waals surface area contributed by atoms with Gasteiger partial charge in [0, 0.05) is 24.2 Å². The minimum atomic E-state index is -1.30. The molecular formula is C30H31ClN4O7. The molecule has 0 bridgehead atoms. The fraction of sp³-hybridized carbons (Fsp3) is 0.367. The molecule has 4 heterocycles. The number of imidazole rings is 1. The predicted octanol–water partition coefficient (Wildman–Crippen LogP) is 2.40. The van der Waals surface area contributed by atoms with Crippen LogP contribution in [0.2, 0.25) is 5.02 Å². The number of likely N-dealkylation sites (tertiary alicyclic amines) is 1. The van der Waals surface area contributed by atoms with Gasteiger partial charge in [-0.15, -0.1) is 0 Å². The molecule has 0 radical (unpaired) electrons. The Morgan fingerprint density at radius 3 is 2.29 bits per heavy atom. The van der Waals surface area contributed by atoms with Crippen molar-refractivity contribution in [2.45, 2.75) is 43.4 Å². The first-order valence-corrected chi connectivity index (χ1v) is 14.2. The highest BCUT2D eigenvalue weighted by molar-refractivity contribution is 6.33. The van der Waals surface area contributed by atoms with Crippen molar-refractivity contribution >= 4 is 28.7 Å². The minimum Gasteiger partial charge on any atom is -0.456 e. The zero-order chi connectivity index (χ0) is 29.4. The first kappa shape index (κ1) is 28.5. The summed E-state index contributed by atoms with van der Waals surface area (Å²) in [7, 11) is 0. The molecule has 0 saturated carbocycles. The Balaban J connectivity index is 1.15. The predicted molar refractivity (Wildman–Crippen MR) is 154 cm³/mol. The third-order valence-electron chi connectivity index (χ3n) is 7.81. The van der Waals surface area contributed by atoms with Gasteiger partial charge < -0.3 is 39.8 Å². The van der Waals surface area contributed by atoms with E-state index in [9.17, 15) is 25.2 Å². The van der Waals surface area contributed by atoms with Crippen molar-refractivity contribution in [1.82, 2.24) is 19.9 Å². The number of hydrogen-bond acceptors (Lipinski definition) is 9. The van der Waals surface area contributed by atoms with E-state index in [0.29, 0.717) is 53.4 Å². The smallest absolute Gasteiger partial charge is 0.296 e. The van der Waals surface area contributed by atoms with Crippen LogP contribution in [0.1, 0.15) is 23.2 Å². The molecular weight excluding hydrogens is 564 g/mol. The number of aromatic amines is 1. The molecule has 6 rings (SSSR count). The summed E-state index contributed by atoms with van der Waals surface area (Å²) in [4.78, 5) is 26.5. The molecule has 1 amide bonds. The van der Waals surface area contributed by atoms with E-state index in [1.165, 1.54) is 0 Å². The highest BCUT2D eigenvalue weighted by Crippen LogP contribution is 2.32. The van der Waals surface area contributed by atoms with E-state index in [-0.39, 0.29) is 24.6 Å². The maximum Gasteiger partial charge on any atom is 0.296 e. The maximum absolute atomic E-state index is 12.8. The third-order valence-corrected chi connectivity index (χ3v) is 8.10. The van der Waals surface area contributed by atoms with Gasteiger partial charge in [0.25, 0.3) is 11.9 Å². The summed E-state index contributed by atoms with van der Waals surface area (Å²) >= 11 is 6.57. The third kappa shape index (κ3) is 5.71. The van der Waals surface area contributed by atoms with E-state index < -0.39 is 31.0 Å². The standard InChI is InChI=1S/C30H31ClN4O7/c31-21-13-22-28(34-30(32-22)42-24-15-41-23(14-36)26(38)27(24)39)33-25(21)18-5-1-16(2-6-18)17-3-7-19(8-4-17)29(40)35-11-9-20(37)10-12-35/h1-8,13,20,23-24,26-27,36-39H,9-12,14-15H2,(H,32,33,34)/t23-,24+,26-,27-/m1/s1. The molecule has 2 fully saturated rings. The number of nitrogens with zero attached hydrogens (tertiary/aromatic N) is 3. The first-order valence-electron chi connectivity index (χ1n) is 13.8. The van der Waals surface area contributed by atoms with E-state index in [2.05, 4.69) is 15.0 Å². The Bertz CT molecular complexity index is 1550. The number of carbonyl (C=O) groups excluding carboxylic acids is 1. The summed E-state index contributed by atoms with van der Waals surface area (Å²) in [5, 5.41) is 39.8. The highest BCUT2D eigenvalue weighted by atomic mass is 35.5. The number of aromatic nitrogens is 3. The quantitative estimate of drug-likeness (QED) is 0.226. The Kier molecular flexibility index (Phi) is 8.13. The molecule has 220 valence electrons. The normalized spacial score (nSPS) is 23.3. The number of ether oxygens (including phenoxy) is 2. The number of halogens is 1. The molecule has 2 aliphatic rings. The number of H-pyrrole nitrogens is 1. The molecule has 2 aromatic heterocycles. The van der Waals surface area contributed by atoms with Crippen LogP contribution < -0.4 is 4.74 Å². The summed E-state index contributed by atoms with van der Waals surface area (Å²) in [5.74, 6) is -0.0250. The molecule has 0 unspecified atom stereocenters. The maximum atomic E-state index is 12.8. The van der Waals surface area contributed by atoms with Gasteiger partial charge in [0.2, 0.25) is 0 Å². The summed E-state index contributed by atoms with van der Waals surface area (Å²) in [6.45, 7) is 0.676. The van der Waals surface area contributed by atoms with Crippen LogP contribution in [0, 0.1) is 0 Å². The van der Waals surface area contributed by atoms with Crippen molar-refractivity contribution in [3.63, 3.8) is 0 Å². The van der Waals surface area contributed by atoms with Crippen molar-refractivity contribution in [3.05, 3.63) is 65.2 Å². The molecule has 12 heteroatoms. The van der Waals surface area contributed by atoms with Gasteiger partial charge >= 0.3 is 0 Å². The number of benzene rings is 2. The monoisotopic (exact) mass is 594 g/mol. The van der Waals surface area contributed by atoms with Gasteiger partial charge in [0.05, 0.1) is 35.6 Å². The van der Waals surface area contributed by atoms with Crippen LogP contribution in [-0.2, 0) is 4.74 Å². The number of nitrogens with one attached hydrogen (secondary N) is 1. The molecule has 0 spiro atoms. The molecule has 4 aromatic rings. The Hall–Kier alpha value is -3.58. The average Bonchev–Trinajstić information content (AvgIpc) is 3.40. The molecule has 5 N–H and O–H groups in total. The number of carbonyl (C=O) groups is 1. The number of hydrogen-bond donors (Lipinski definition) is 5. The summed E-state index contributed by atoms with van der Waals surface area (Å²) in [5.41, 5.74) is 4.75. The largest absolute Gasteiger partial charge is 0.456 e. The summed E-state index contributed by atoms with van der Waals surface area (Å²) < 4.78 is 11.1. The van der Waals surface area contributed by atoms with E-state index in [0.717, 1.165) is 16.7 Å². The molecule has 2 aliphatic heterocycles. The molecule has 2 aromatic carbocycles. The molecule has 2 saturated heterocycles. The van der Waals surface area contributed by atoms with Crippen molar-refractivity contribution in [1.29, 1.82) is 0 Å². The van der Waals surface area contributed by atoms with Crippen LogP contribution in [0.5, 0.6) is 6.01 Å². The van der Waals surface area contributed by atoms with Crippen LogP contribution in [0.3, 0.4) is 0 Å². The molecule has 0 aliphatic carbocycles. The van der Waals surface area contributed by atoms with Crippen molar-refractivity contribution in [2.75, 3.05) is 26.3 Å². The second-order valence-corrected chi connectivity index (χ2v) is 11.0. The van der Waals surface area contributed by atoms with Gasteiger partial charge in [-0.3, -0.25) is 4.79 Å². The number of piperidine rings is 1. The number of aliphatic hydroxyl groups excluding tert-OH is 4. The van der Waals surface area contributed by atoms with Gasteiger partial charge in [-0.1, -0.05) is 48.0 Å². The van der Waals surface area contributed by atoms with Crippen molar-refractivity contribution in [2.24, 2.45) is 0 Å². The van der Waals surface area contributed by atoms with Crippen LogP contribution in [0.4, 0.5) is 0 Å². The molecule has 4 atom stereocenters. The zero-order valence-electron chi connectivity index (χ0n) is 22.6. The zero-order valence-corrected chi connectivity index (χ0v) is 23.3. The Morgan fingerprint density at radius 1 is 0.976 bits per heavy atom. The summed E-state index contributed by atoms with van der Waals surface area (Å²) in [6.07, 6.45) is -3.45. The number of rotatable bonds is 6. The average molecular weight is 595 g/mol. The van der Waals surface area contributed by atoms with Gasteiger partial charge in [0.15, 0.2) is 11.8 Å². The lowest BCUT2D eigenvalue weighted by Gasteiger charge is -2.36. The number of pyridine rings is 1. The van der Waals surface area contributed by atoms with E-state index in [1.54, 1.807) is 11.0 Å². The van der Waals surface area contributed by atoms with Crippen molar-refractivity contribution < 1.29 is 34.7 Å². The van der Waals surface area contributed by atoms with E-state index in [1.807, 2.05) is 48.5 Å². The lowest BCUT2D eigenvalue weighted by Crippen LogP contribution is -2.56. The van der Waals surface area contributed by atoms with Gasteiger partial charge in [-0.25, -0.2) is 4.98 Å². The number of amides is 1. The second kappa shape index (κ2) is 12.0. The van der Waals surface area contributed by atoms with Crippen molar-refractivity contribution in [3.8, 4) is 28.4 Å². The molecule has 11 nitrogen and oxygen atoms in total. The SMILES string of the molecule is O=C(c1ccc(-c2ccc(-c3nc4nc(O[C@H]5CO[C@H](CO)[C@@H](O)[C@@H]5O)[nH]c4cc3Cl)cc2)cc1)N1CCC(O)CC1. The Labute approximate surface area is 246 Å². The van der Waals surface area contributed by atoms with Gasteiger partial charge in [-0.05, 0) is 42.2 Å². The fourth-order valence-electron chi connectivity index (χ4n) is 5.29. The lowest BCUT2D eigenvalue weighted by molar-refractivity contribution is -0.189. The minimum absolute atomic E-state index is 0.0250. The molecule has 42 heavy (non-hydrogen) atoms. The lowest BCUT2D eigenvalue weighted by atomic mass is 10.0. The van der Waals surface area contributed by atoms with Crippen LogP contribution >= 0.6 is 11.6 Å². The van der Waals surface area contributed by atoms with Gasteiger partial charge in [-0.2, -0.15) is 4.98 Å². The second-order valence-electron chi connectivity index (χ2n) is 10.6. The Morgan fingerprint density at radius 2 is 1.62 bits per heavy atom. The highest BCUT2D eigenvalue weighted by Gasteiger charge is 2.40. The van der Waals surface area contributed by atoms with E-state index in [4.69, 9.17) is 21.1 Å². The van der Waals surface area contributed by atoms with Crippen LogP contribution in [-0.4, -0.2) is 103 Å². The van der Waals surface area contributed by atoms with Crippen LogP contribution in [0.15, 0.2) is 54.6 Å². The van der Waals surface area contributed by atoms with Crippen LogP contribution in [0.25, 0.3) is 33.5 Å². The number of fused-ring (bicyclic) bond motifs is 1. The summed E-state index contributed by atoms with van der Waals surface area (Å²) in [6, 6.07) is 17.0. The fourth-order valence-corrected chi connectivity index (χ4v) is 5.56.